The molecule has 3 aliphatic carbocycles. The zero-order valence-electron chi connectivity index (χ0n) is 15.0. The summed E-state index contributed by atoms with van der Waals surface area (Å²) >= 11 is 0. The van der Waals surface area contributed by atoms with Gasteiger partial charge < -0.3 is 14.9 Å². The summed E-state index contributed by atoms with van der Waals surface area (Å²) in [6.07, 6.45) is 5.89. The number of allylic oxidation sites excluding steroid dienone is 1. The highest BCUT2D eigenvalue weighted by Crippen LogP contribution is 2.64. The molecule has 2 N–H and O–H groups in total. The third kappa shape index (κ3) is 1.99. The zero-order chi connectivity index (χ0) is 17.3. The number of rotatable bonds is 0. The molecule has 3 fully saturated rings. The highest BCUT2D eigenvalue weighted by molar-refractivity contribution is 5.95. The molecule has 1 saturated heterocycles. The van der Waals surface area contributed by atoms with Crippen LogP contribution < -0.4 is 0 Å². The van der Waals surface area contributed by atoms with Gasteiger partial charge in [-0.1, -0.05) is 27.2 Å². The van der Waals surface area contributed by atoms with E-state index in [1.165, 1.54) is 6.42 Å². The minimum atomic E-state index is -1.29. The SMILES string of the molecule is CC1(C)CCC[C@@]2(C)[C@@H]3C(=O)C=C4COC[C@@H](O)[C@]4(O)[C@H]3CC[C@H]12. The molecule has 0 spiro atoms. The quantitative estimate of drug-likeness (QED) is 0.714. The van der Waals surface area contributed by atoms with Gasteiger partial charge in [0.15, 0.2) is 5.78 Å². The van der Waals surface area contributed by atoms with Crippen LogP contribution >= 0.6 is 0 Å². The van der Waals surface area contributed by atoms with Crippen molar-refractivity contribution in [3.63, 3.8) is 0 Å². The van der Waals surface area contributed by atoms with Crippen LogP contribution in [-0.4, -0.2) is 40.9 Å². The normalized spacial score (nSPS) is 50.4. The van der Waals surface area contributed by atoms with Crippen molar-refractivity contribution in [3.8, 4) is 0 Å². The first kappa shape index (κ1) is 16.7. The molecule has 24 heavy (non-hydrogen) atoms. The Balaban J connectivity index is 1.81. The maximum absolute atomic E-state index is 13.1. The van der Waals surface area contributed by atoms with Crippen LogP contribution in [0.25, 0.3) is 0 Å². The van der Waals surface area contributed by atoms with Crippen molar-refractivity contribution in [3.05, 3.63) is 11.6 Å². The molecule has 1 heterocycles. The van der Waals surface area contributed by atoms with Crippen molar-refractivity contribution >= 4 is 5.78 Å². The van der Waals surface area contributed by atoms with Crippen LogP contribution in [0.5, 0.6) is 0 Å². The number of aliphatic hydroxyl groups excluding tert-OH is 1. The van der Waals surface area contributed by atoms with Crippen LogP contribution in [0.1, 0.15) is 52.9 Å². The molecule has 0 aromatic carbocycles. The minimum Gasteiger partial charge on any atom is -0.387 e. The van der Waals surface area contributed by atoms with Gasteiger partial charge in [-0.05, 0) is 54.1 Å². The summed E-state index contributed by atoms with van der Waals surface area (Å²) in [5.74, 6) is 0.276. The molecule has 4 rings (SSSR count). The molecule has 4 nitrogen and oxygen atoms in total. The second-order valence-corrected chi connectivity index (χ2v) is 9.49. The zero-order valence-corrected chi connectivity index (χ0v) is 15.0. The molecule has 0 aromatic heterocycles. The van der Waals surface area contributed by atoms with Gasteiger partial charge in [-0.15, -0.1) is 0 Å². The Hall–Kier alpha value is -0.710. The van der Waals surface area contributed by atoms with E-state index in [4.69, 9.17) is 4.74 Å². The van der Waals surface area contributed by atoms with E-state index in [9.17, 15) is 15.0 Å². The molecule has 0 amide bonds. The molecule has 2 saturated carbocycles. The lowest BCUT2D eigenvalue weighted by atomic mass is 9.42. The first-order chi connectivity index (χ1) is 11.2. The second-order valence-electron chi connectivity index (χ2n) is 9.49. The summed E-state index contributed by atoms with van der Waals surface area (Å²) in [4.78, 5) is 13.1. The van der Waals surface area contributed by atoms with Gasteiger partial charge in [0.25, 0.3) is 0 Å². The molecule has 4 aliphatic rings. The number of hydrogen-bond donors (Lipinski definition) is 2. The van der Waals surface area contributed by atoms with Crippen LogP contribution in [0.15, 0.2) is 11.6 Å². The third-order valence-corrected chi connectivity index (χ3v) is 7.90. The van der Waals surface area contributed by atoms with Gasteiger partial charge in [0.1, 0.15) is 11.7 Å². The number of fused-ring (bicyclic) bond motifs is 5. The lowest BCUT2D eigenvalue weighted by Crippen LogP contribution is -2.66. The Kier molecular flexibility index (Phi) is 3.59. The molecule has 0 bridgehead atoms. The largest absolute Gasteiger partial charge is 0.387 e. The van der Waals surface area contributed by atoms with E-state index in [1.54, 1.807) is 6.08 Å². The number of carbonyl (C=O) groups excluding carboxylic acids is 1. The van der Waals surface area contributed by atoms with Crippen molar-refractivity contribution in [2.75, 3.05) is 13.2 Å². The lowest BCUT2D eigenvalue weighted by Gasteiger charge is -2.62. The van der Waals surface area contributed by atoms with E-state index < -0.39 is 11.7 Å². The fourth-order valence-electron chi connectivity index (χ4n) is 6.87. The Morgan fingerprint density at radius 3 is 2.71 bits per heavy atom. The summed E-state index contributed by atoms with van der Waals surface area (Å²) in [6.45, 7) is 7.34. The van der Waals surface area contributed by atoms with E-state index in [1.807, 2.05) is 0 Å². The molecule has 6 atom stereocenters. The van der Waals surface area contributed by atoms with Gasteiger partial charge in [-0.2, -0.15) is 0 Å². The molecule has 0 radical (unpaired) electrons. The van der Waals surface area contributed by atoms with Crippen molar-refractivity contribution in [1.29, 1.82) is 0 Å². The predicted octanol–water partition coefficient (Wildman–Crippen LogP) is 2.48. The summed E-state index contributed by atoms with van der Waals surface area (Å²) in [6, 6.07) is 0. The standard InChI is InChI=1S/C20H30O4/c1-18(2)7-4-8-19(3)15(18)6-5-13-17(19)14(21)9-12-10-24-11-16(22)20(12,13)23/h9,13,15-17,22-23H,4-8,10-11H2,1-3H3/t13-,15+,16+,17-,19+,20+/m0/s1. The Bertz CT molecular complexity index is 594. The highest BCUT2D eigenvalue weighted by Gasteiger charge is 2.64. The summed E-state index contributed by atoms with van der Waals surface area (Å²) < 4.78 is 5.38. The van der Waals surface area contributed by atoms with Crippen LogP contribution in [-0.2, 0) is 9.53 Å². The van der Waals surface area contributed by atoms with Crippen molar-refractivity contribution < 1.29 is 19.7 Å². The van der Waals surface area contributed by atoms with Crippen molar-refractivity contribution in [1.82, 2.24) is 0 Å². The van der Waals surface area contributed by atoms with Gasteiger partial charge in [-0.3, -0.25) is 4.79 Å². The van der Waals surface area contributed by atoms with Crippen LogP contribution in [0.2, 0.25) is 0 Å². The second kappa shape index (κ2) is 5.15. The molecule has 4 heteroatoms. The first-order valence-electron chi connectivity index (χ1n) is 9.44. The third-order valence-electron chi connectivity index (χ3n) is 7.90. The molecular weight excluding hydrogens is 304 g/mol. The maximum atomic E-state index is 13.1. The monoisotopic (exact) mass is 334 g/mol. The molecule has 0 unspecified atom stereocenters. The Morgan fingerprint density at radius 2 is 1.96 bits per heavy atom. The number of ketones is 1. The van der Waals surface area contributed by atoms with E-state index in [-0.39, 0.29) is 41.7 Å². The van der Waals surface area contributed by atoms with Crippen molar-refractivity contribution in [2.24, 2.45) is 28.6 Å². The number of aliphatic hydroxyl groups is 2. The Morgan fingerprint density at radius 1 is 1.21 bits per heavy atom. The van der Waals surface area contributed by atoms with Gasteiger partial charge in [0, 0.05) is 11.8 Å². The summed E-state index contributed by atoms with van der Waals surface area (Å²) in [7, 11) is 0. The molecule has 0 aromatic rings. The number of carbonyl (C=O) groups is 1. The Labute approximate surface area is 144 Å². The average molecular weight is 334 g/mol. The van der Waals surface area contributed by atoms with Gasteiger partial charge in [0.05, 0.1) is 13.2 Å². The topological polar surface area (TPSA) is 66.8 Å². The highest BCUT2D eigenvalue weighted by atomic mass is 16.5. The summed E-state index contributed by atoms with van der Waals surface area (Å²) in [5, 5.41) is 22.0. The van der Waals surface area contributed by atoms with E-state index in [0.717, 1.165) is 25.7 Å². The maximum Gasteiger partial charge on any atom is 0.159 e. The molecule has 1 aliphatic heterocycles. The predicted molar refractivity (Wildman–Crippen MR) is 90.3 cm³/mol. The first-order valence-corrected chi connectivity index (χ1v) is 9.44. The van der Waals surface area contributed by atoms with Crippen molar-refractivity contribution in [2.45, 2.75) is 64.6 Å². The fraction of sp³-hybridized carbons (Fsp3) is 0.850. The molecular formula is C20H30O4. The van der Waals surface area contributed by atoms with E-state index in [2.05, 4.69) is 20.8 Å². The van der Waals surface area contributed by atoms with Gasteiger partial charge in [-0.25, -0.2) is 0 Å². The fourth-order valence-corrected chi connectivity index (χ4v) is 6.87. The number of hydrogen-bond acceptors (Lipinski definition) is 4. The minimum absolute atomic E-state index is 0.0858. The van der Waals surface area contributed by atoms with Crippen LogP contribution in [0.4, 0.5) is 0 Å². The molecule has 134 valence electrons. The van der Waals surface area contributed by atoms with Gasteiger partial charge >= 0.3 is 0 Å². The van der Waals surface area contributed by atoms with E-state index in [0.29, 0.717) is 11.5 Å². The van der Waals surface area contributed by atoms with E-state index >= 15 is 0 Å². The number of ether oxygens (including phenoxy) is 1. The lowest BCUT2D eigenvalue weighted by molar-refractivity contribution is -0.200. The smallest absolute Gasteiger partial charge is 0.159 e. The van der Waals surface area contributed by atoms with Crippen LogP contribution in [0, 0.1) is 28.6 Å². The van der Waals surface area contributed by atoms with Gasteiger partial charge in [0.2, 0.25) is 0 Å². The van der Waals surface area contributed by atoms with Crippen LogP contribution in [0.3, 0.4) is 0 Å². The summed E-state index contributed by atoms with van der Waals surface area (Å²) in [5.41, 5.74) is -0.548. The average Bonchev–Trinajstić information content (AvgIpc) is 2.49.